The molecule has 0 aromatic heterocycles. The predicted molar refractivity (Wildman–Crippen MR) is 56.8 cm³/mol. The van der Waals surface area contributed by atoms with Gasteiger partial charge in [0.2, 0.25) is 0 Å². The number of hydrogen-bond acceptors (Lipinski definition) is 3. The largest absolute Gasteiger partial charge is 0.496 e. The molecule has 0 aliphatic rings. The number of ether oxygens (including phenoxy) is 1. The highest BCUT2D eigenvalue weighted by Crippen LogP contribution is 2.21. The van der Waals surface area contributed by atoms with Crippen LogP contribution < -0.4 is 4.74 Å². The van der Waals surface area contributed by atoms with E-state index in [2.05, 4.69) is 0 Å². The molecule has 0 saturated heterocycles. The predicted octanol–water partition coefficient (Wildman–Crippen LogP) is 1.64. The van der Waals surface area contributed by atoms with Gasteiger partial charge in [-0.15, -0.1) is 0 Å². The number of rotatable bonds is 3. The Labute approximate surface area is 89.4 Å². The first kappa shape index (κ1) is 11.5. The number of hydroxylamine groups is 2. The van der Waals surface area contributed by atoms with Crippen molar-refractivity contribution in [3.05, 3.63) is 29.3 Å². The fraction of sp³-hybridized carbons (Fsp3) is 0.364. The first-order valence-corrected chi connectivity index (χ1v) is 4.57. The summed E-state index contributed by atoms with van der Waals surface area (Å²) in [6, 6.07) is 5.34. The summed E-state index contributed by atoms with van der Waals surface area (Å²) in [6.07, 6.45) is 0. The van der Waals surface area contributed by atoms with Crippen LogP contribution >= 0.6 is 0 Å². The van der Waals surface area contributed by atoms with E-state index in [1.54, 1.807) is 26.3 Å². The van der Waals surface area contributed by atoms with E-state index in [1.807, 2.05) is 13.0 Å². The highest BCUT2D eigenvalue weighted by Gasteiger charge is 2.15. The molecule has 0 spiro atoms. The van der Waals surface area contributed by atoms with Gasteiger partial charge in [0, 0.05) is 18.2 Å². The Hall–Kier alpha value is -1.55. The van der Waals surface area contributed by atoms with Crippen molar-refractivity contribution in [1.29, 1.82) is 0 Å². The number of hydrogen-bond donors (Lipinski definition) is 0. The standard InChI is InChI=1S/C11H15NO3/c1-8-9(11(13)12(2)15-4)6-5-7-10(8)14-3/h5-7H,1-4H3. The van der Waals surface area contributed by atoms with E-state index in [0.29, 0.717) is 11.3 Å². The maximum absolute atomic E-state index is 11.8. The number of carbonyl (C=O) groups excluding carboxylic acids is 1. The molecular formula is C11H15NO3. The topological polar surface area (TPSA) is 38.8 Å². The SMILES string of the molecule is COc1cccc(C(=O)N(C)OC)c1C. The van der Waals surface area contributed by atoms with E-state index < -0.39 is 0 Å². The third-order valence-corrected chi connectivity index (χ3v) is 2.29. The van der Waals surface area contributed by atoms with Crippen molar-refractivity contribution in [2.24, 2.45) is 0 Å². The minimum absolute atomic E-state index is 0.186. The number of methoxy groups -OCH3 is 1. The molecule has 0 aliphatic carbocycles. The van der Waals surface area contributed by atoms with E-state index in [4.69, 9.17) is 9.57 Å². The maximum Gasteiger partial charge on any atom is 0.277 e. The van der Waals surface area contributed by atoms with Gasteiger partial charge in [-0.05, 0) is 19.1 Å². The third kappa shape index (κ3) is 2.27. The van der Waals surface area contributed by atoms with E-state index in [9.17, 15) is 4.79 Å². The Balaban J connectivity index is 3.09. The number of nitrogens with zero attached hydrogens (tertiary/aromatic N) is 1. The van der Waals surface area contributed by atoms with Gasteiger partial charge in [0.1, 0.15) is 5.75 Å². The van der Waals surface area contributed by atoms with Gasteiger partial charge in [-0.2, -0.15) is 0 Å². The van der Waals surface area contributed by atoms with Crippen LogP contribution in [0.3, 0.4) is 0 Å². The molecule has 4 nitrogen and oxygen atoms in total. The van der Waals surface area contributed by atoms with Gasteiger partial charge >= 0.3 is 0 Å². The summed E-state index contributed by atoms with van der Waals surface area (Å²) in [4.78, 5) is 16.6. The van der Waals surface area contributed by atoms with Crippen molar-refractivity contribution in [2.75, 3.05) is 21.3 Å². The van der Waals surface area contributed by atoms with Gasteiger partial charge in [0.15, 0.2) is 0 Å². The summed E-state index contributed by atoms with van der Waals surface area (Å²) in [5.41, 5.74) is 1.40. The summed E-state index contributed by atoms with van der Waals surface area (Å²) in [6.45, 7) is 1.84. The summed E-state index contributed by atoms with van der Waals surface area (Å²) in [7, 11) is 4.60. The van der Waals surface area contributed by atoms with E-state index >= 15 is 0 Å². The van der Waals surface area contributed by atoms with E-state index in [1.165, 1.54) is 12.2 Å². The molecule has 4 heteroatoms. The van der Waals surface area contributed by atoms with Crippen molar-refractivity contribution in [1.82, 2.24) is 5.06 Å². The Bertz CT molecular complexity index is 363. The zero-order valence-corrected chi connectivity index (χ0v) is 9.40. The average Bonchev–Trinajstić information content (AvgIpc) is 2.27. The molecule has 1 rings (SSSR count). The molecule has 0 aliphatic heterocycles. The normalized spacial score (nSPS) is 9.87. The highest BCUT2D eigenvalue weighted by molar-refractivity contribution is 5.95. The van der Waals surface area contributed by atoms with E-state index in [-0.39, 0.29) is 5.91 Å². The molecule has 0 fully saturated rings. The van der Waals surface area contributed by atoms with Crippen LogP contribution in [0.1, 0.15) is 15.9 Å². The molecule has 0 saturated carbocycles. The Morgan fingerprint density at radius 3 is 2.53 bits per heavy atom. The fourth-order valence-corrected chi connectivity index (χ4v) is 1.32. The second-order valence-electron chi connectivity index (χ2n) is 3.12. The van der Waals surface area contributed by atoms with Crippen LogP contribution in [0.4, 0.5) is 0 Å². The van der Waals surface area contributed by atoms with Crippen molar-refractivity contribution < 1.29 is 14.4 Å². The minimum Gasteiger partial charge on any atom is -0.496 e. The molecule has 1 amide bonds. The quantitative estimate of drug-likeness (QED) is 0.710. The zero-order chi connectivity index (χ0) is 11.4. The molecule has 82 valence electrons. The van der Waals surface area contributed by atoms with Crippen molar-refractivity contribution in [3.63, 3.8) is 0 Å². The Kier molecular flexibility index (Phi) is 3.68. The van der Waals surface area contributed by atoms with Crippen molar-refractivity contribution in [3.8, 4) is 5.75 Å². The lowest BCUT2D eigenvalue weighted by Crippen LogP contribution is -2.26. The summed E-state index contributed by atoms with van der Waals surface area (Å²) in [5, 5.41) is 1.18. The maximum atomic E-state index is 11.8. The van der Waals surface area contributed by atoms with Crippen LogP contribution in [0.5, 0.6) is 5.75 Å². The molecule has 0 N–H and O–H groups in total. The lowest BCUT2D eigenvalue weighted by Gasteiger charge is -2.16. The lowest BCUT2D eigenvalue weighted by atomic mass is 10.1. The first-order chi connectivity index (χ1) is 7.11. The Morgan fingerprint density at radius 2 is 2.00 bits per heavy atom. The van der Waals surface area contributed by atoms with Crippen LogP contribution in [0, 0.1) is 6.92 Å². The number of carbonyl (C=O) groups is 1. The van der Waals surface area contributed by atoms with Gasteiger partial charge in [-0.25, -0.2) is 5.06 Å². The fourth-order valence-electron chi connectivity index (χ4n) is 1.32. The molecule has 0 unspecified atom stereocenters. The highest BCUT2D eigenvalue weighted by atomic mass is 16.7. The monoisotopic (exact) mass is 209 g/mol. The Morgan fingerprint density at radius 1 is 1.33 bits per heavy atom. The van der Waals surface area contributed by atoms with Gasteiger partial charge in [0.25, 0.3) is 5.91 Å². The number of benzene rings is 1. The minimum atomic E-state index is -0.186. The van der Waals surface area contributed by atoms with Gasteiger partial charge in [-0.3, -0.25) is 9.63 Å². The van der Waals surface area contributed by atoms with Crippen LogP contribution in [0.25, 0.3) is 0 Å². The van der Waals surface area contributed by atoms with Crippen LogP contribution in [0.2, 0.25) is 0 Å². The van der Waals surface area contributed by atoms with Crippen LogP contribution in [-0.2, 0) is 4.84 Å². The lowest BCUT2D eigenvalue weighted by molar-refractivity contribution is -0.0757. The average molecular weight is 209 g/mol. The van der Waals surface area contributed by atoms with Crippen LogP contribution in [0.15, 0.2) is 18.2 Å². The van der Waals surface area contributed by atoms with Gasteiger partial charge in [0.05, 0.1) is 14.2 Å². The molecule has 15 heavy (non-hydrogen) atoms. The molecule has 1 aromatic carbocycles. The summed E-state index contributed by atoms with van der Waals surface area (Å²) < 4.78 is 5.14. The molecule has 0 heterocycles. The van der Waals surface area contributed by atoms with Crippen LogP contribution in [-0.4, -0.2) is 32.2 Å². The second kappa shape index (κ2) is 4.79. The molecular weight excluding hydrogens is 194 g/mol. The van der Waals surface area contributed by atoms with Crippen molar-refractivity contribution in [2.45, 2.75) is 6.92 Å². The summed E-state index contributed by atoms with van der Waals surface area (Å²) in [5.74, 6) is 0.513. The molecule has 0 radical (unpaired) electrons. The first-order valence-electron chi connectivity index (χ1n) is 4.57. The van der Waals surface area contributed by atoms with Gasteiger partial charge < -0.3 is 4.74 Å². The molecule has 1 aromatic rings. The second-order valence-corrected chi connectivity index (χ2v) is 3.12. The smallest absolute Gasteiger partial charge is 0.277 e. The van der Waals surface area contributed by atoms with Gasteiger partial charge in [-0.1, -0.05) is 6.07 Å². The molecule has 0 bridgehead atoms. The van der Waals surface area contributed by atoms with E-state index in [0.717, 1.165) is 5.56 Å². The molecule has 0 atom stereocenters. The van der Waals surface area contributed by atoms with Crippen molar-refractivity contribution >= 4 is 5.91 Å². The zero-order valence-electron chi connectivity index (χ0n) is 9.40. The summed E-state index contributed by atoms with van der Waals surface area (Å²) >= 11 is 0. The number of amides is 1. The third-order valence-electron chi connectivity index (χ3n) is 2.29.